The average Bonchev–Trinajstić information content (AvgIpc) is 3.78. The zero-order chi connectivity index (χ0) is 42.3. The number of allylic oxidation sites excluding steroid dienone is 11. The fraction of sp³-hybridized carbons (Fsp3) is 0.161. The minimum absolute atomic E-state index is 0.400. The van der Waals surface area contributed by atoms with E-state index in [0.717, 1.165) is 25.8 Å². The molecule has 0 amide bonds. The van der Waals surface area contributed by atoms with Crippen LogP contribution in [0, 0.1) is 18.8 Å². The Kier molecular flexibility index (Phi) is 10.3. The van der Waals surface area contributed by atoms with E-state index < -0.39 is 0 Å². The number of rotatable bonds is 7. The predicted molar refractivity (Wildman–Crippen MR) is 269 cm³/mol. The van der Waals surface area contributed by atoms with Crippen LogP contribution in [0.2, 0.25) is 0 Å². The predicted octanol–water partition coefficient (Wildman–Crippen LogP) is 15.9. The van der Waals surface area contributed by atoms with Gasteiger partial charge >= 0.3 is 0 Å². The van der Waals surface area contributed by atoms with E-state index in [-0.39, 0.29) is 0 Å². The van der Waals surface area contributed by atoms with E-state index >= 15 is 0 Å². The Bertz CT molecular complexity index is 3050. The maximum absolute atomic E-state index is 3.71. The first-order valence-electron chi connectivity index (χ1n) is 23.0. The highest BCUT2D eigenvalue weighted by molar-refractivity contribution is 6.05. The third-order valence-electron chi connectivity index (χ3n) is 13.9. The molecule has 63 heavy (non-hydrogen) atoms. The minimum atomic E-state index is 0.400. The first kappa shape index (κ1) is 38.9. The van der Waals surface area contributed by atoms with E-state index in [9.17, 15) is 0 Å². The Morgan fingerprint density at radius 3 is 2.22 bits per heavy atom. The van der Waals surface area contributed by atoms with Crippen molar-refractivity contribution in [2.24, 2.45) is 11.8 Å². The van der Waals surface area contributed by atoms with Crippen molar-refractivity contribution in [3.63, 3.8) is 0 Å². The van der Waals surface area contributed by atoms with Gasteiger partial charge in [0.1, 0.15) is 0 Å². The van der Waals surface area contributed by atoms with Gasteiger partial charge in [0.2, 0.25) is 0 Å². The molecule has 0 radical (unpaired) electrons. The molecule has 1 fully saturated rings. The SMILES string of the molecule is CC/C=C\C=C1/CC(c2cccc3c2CC=C3)=C2C(=C1c1cccc3ccccc13)C=C(c1ccc(-c3ccc4c(c3)NCC4c3ccccc3)cc1)C1CC21.Cc1ccccc1. The van der Waals surface area contributed by atoms with Gasteiger partial charge in [-0.05, 0) is 151 Å². The van der Waals surface area contributed by atoms with Crippen LogP contribution in [-0.2, 0) is 6.42 Å². The minimum Gasteiger partial charge on any atom is -0.384 e. The maximum Gasteiger partial charge on any atom is 0.0386 e. The molecule has 0 saturated heterocycles. The van der Waals surface area contributed by atoms with Gasteiger partial charge in [-0.1, -0.05) is 201 Å². The molecular formula is C62H53N. The quantitative estimate of drug-likeness (QED) is 0.169. The summed E-state index contributed by atoms with van der Waals surface area (Å²) in [5.74, 6) is 1.48. The number of hydrogen-bond donors (Lipinski definition) is 1. The number of fused-ring (bicyclic) bond motifs is 6. The highest BCUT2D eigenvalue weighted by Gasteiger charge is 2.49. The molecule has 0 bridgehead atoms. The molecule has 1 aliphatic heterocycles. The van der Waals surface area contributed by atoms with E-state index in [1.807, 2.05) is 18.2 Å². The molecule has 5 aliphatic rings. The molecule has 1 heterocycles. The molecule has 0 aromatic heterocycles. The molecule has 1 nitrogen and oxygen atoms in total. The fourth-order valence-corrected chi connectivity index (χ4v) is 10.8. The summed E-state index contributed by atoms with van der Waals surface area (Å²) in [6, 6.07) is 60.4. The molecule has 1 saturated carbocycles. The Morgan fingerprint density at radius 2 is 1.41 bits per heavy atom. The van der Waals surface area contributed by atoms with Crippen LogP contribution in [0.4, 0.5) is 5.69 Å². The van der Waals surface area contributed by atoms with Crippen LogP contribution >= 0.6 is 0 Å². The average molecular weight is 812 g/mol. The number of nitrogens with one attached hydrogen (secondary N) is 1. The van der Waals surface area contributed by atoms with Gasteiger partial charge in [-0.15, -0.1) is 0 Å². The molecule has 3 unspecified atom stereocenters. The van der Waals surface area contributed by atoms with Crippen molar-refractivity contribution in [3.8, 4) is 11.1 Å². The largest absolute Gasteiger partial charge is 0.384 e. The van der Waals surface area contributed by atoms with Crippen LogP contribution in [0.1, 0.15) is 76.6 Å². The lowest BCUT2D eigenvalue weighted by Crippen LogP contribution is -2.14. The Balaban J connectivity index is 0.000000581. The number of anilines is 1. The lowest BCUT2D eigenvalue weighted by Gasteiger charge is -2.32. The number of aryl methyl sites for hydroxylation is 1. The summed E-state index contributed by atoms with van der Waals surface area (Å²) in [4.78, 5) is 0. The second-order valence-corrected chi connectivity index (χ2v) is 17.8. The summed E-state index contributed by atoms with van der Waals surface area (Å²) >= 11 is 0. The first-order valence-corrected chi connectivity index (χ1v) is 23.0. The molecule has 306 valence electrons. The molecule has 0 spiro atoms. The van der Waals surface area contributed by atoms with Crippen LogP contribution in [-0.4, -0.2) is 6.54 Å². The van der Waals surface area contributed by atoms with Gasteiger partial charge in [0.15, 0.2) is 0 Å². The number of hydrogen-bond acceptors (Lipinski definition) is 1. The summed E-state index contributed by atoms with van der Waals surface area (Å²) in [7, 11) is 0. The summed E-state index contributed by atoms with van der Waals surface area (Å²) in [5, 5.41) is 6.33. The lowest BCUT2D eigenvalue weighted by molar-refractivity contribution is 0.907. The van der Waals surface area contributed by atoms with Crippen molar-refractivity contribution in [2.45, 2.75) is 45.4 Å². The van der Waals surface area contributed by atoms with Crippen LogP contribution in [0.15, 0.2) is 211 Å². The Morgan fingerprint density at radius 1 is 0.683 bits per heavy atom. The molecule has 4 aliphatic carbocycles. The highest BCUT2D eigenvalue weighted by atomic mass is 14.9. The van der Waals surface area contributed by atoms with Crippen LogP contribution in [0.25, 0.3) is 44.7 Å². The van der Waals surface area contributed by atoms with Crippen molar-refractivity contribution in [1.29, 1.82) is 0 Å². The van der Waals surface area contributed by atoms with Crippen molar-refractivity contribution in [3.05, 3.63) is 255 Å². The molecule has 7 aromatic carbocycles. The highest BCUT2D eigenvalue weighted by Crippen LogP contribution is 2.63. The number of benzene rings is 7. The van der Waals surface area contributed by atoms with E-state index in [1.54, 1.807) is 11.1 Å². The van der Waals surface area contributed by atoms with Crippen molar-refractivity contribution in [1.82, 2.24) is 0 Å². The Labute approximate surface area is 373 Å². The zero-order valence-electron chi connectivity index (χ0n) is 36.3. The van der Waals surface area contributed by atoms with E-state index in [4.69, 9.17) is 0 Å². The molecule has 7 aromatic rings. The van der Waals surface area contributed by atoms with E-state index in [2.05, 4.69) is 201 Å². The van der Waals surface area contributed by atoms with Crippen molar-refractivity contribution < 1.29 is 0 Å². The van der Waals surface area contributed by atoms with Gasteiger partial charge in [0.05, 0.1) is 0 Å². The van der Waals surface area contributed by atoms with E-state index in [1.165, 1.54) is 101 Å². The van der Waals surface area contributed by atoms with Gasteiger partial charge in [-0.3, -0.25) is 0 Å². The van der Waals surface area contributed by atoms with Gasteiger partial charge in [-0.2, -0.15) is 0 Å². The van der Waals surface area contributed by atoms with Crippen molar-refractivity contribution >= 4 is 39.3 Å². The molecule has 12 rings (SSSR count). The van der Waals surface area contributed by atoms with Gasteiger partial charge < -0.3 is 5.32 Å². The molecule has 1 N–H and O–H groups in total. The summed E-state index contributed by atoms with van der Waals surface area (Å²) in [5.41, 5.74) is 23.8. The molecule has 1 heteroatoms. The Hall–Kier alpha value is -6.96. The van der Waals surface area contributed by atoms with Crippen LogP contribution in [0.3, 0.4) is 0 Å². The van der Waals surface area contributed by atoms with Gasteiger partial charge in [0, 0.05) is 18.2 Å². The van der Waals surface area contributed by atoms with Crippen molar-refractivity contribution in [2.75, 3.05) is 11.9 Å². The van der Waals surface area contributed by atoms with Gasteiger partial charge in [0.25, 0.3) is 0 Å². The second-order valence-electron chi connectivity index (χ2n) is 17.8. The summed E-state index contributed by atoms with van der Waals surface area (Å²) in [6.45, 7) is 5.25. The monoisotopic (exact) mass is 811 g/mol. The smallest absolute Gasteiger partial charge is 0.0386 e. The summed E-state index contributed by atoms with van der Waals surface area (Å²) < 4.78 is 0. The maximum atomic E-state index is 3.71. The topological polar surface area (TPSA) is 12.0 Å². The first-order chi connectivity index (χ1) is 31.1. The van der Waals surface area contributed by atoms with Crippen LogP contribution in [0.5, 0.6) is 0 Å². The molecular weight excluding hydrogens is 759 g/mol. The van der Waals surface area contributed by atoms with Crippen LogP contribution < -0.4 is 5.32 Å². The third kappa shape index (κ3) is 7.36. The zero-order valence-corrected chi connectivity index (χ0v) is 36.3. The normalized spacial score (nSPS) is 19.9. The summed E-state index contributed by atoms with van der Waals surface area (Å²) in [6.07, 6.45) is 18.5. The van der Waals surface area contributed by atoms with Gasteiger partial charge in [-0.25, -0.2) is 0 Å². The standard InChI is InChI=1S/C55H45N.C7H8/c1-2-3-5-16-41-30-49(44-22-11-18-37-17-10-21-42(37)44)55-50-33-48(50)47(32-51(55)54(41)46-23-12-19-36-15-8-9-20-43(36)46)39-26-24-35(25-27-39)40-28-29-45-52(34-56-53(45)31-40)38-13-6-4-7-14-38;1-7-5-3-2-4-6-7/h3-20,22-29,31-32,48,50,52,56H,2,21,30,33-34H2,1H3;2-6H,1H3/b5-3-,41-16+;. The third-order valence-corrected chi connectivity index (χ3v) is 13.9. The fourth-order valence-electron chi connectivity index (χ4n) is 10.8. The lowest BCUT2D eigenvalue weighted by atomic mass is 9.71. The van der Waals surface area contributed by atoms with E-state index in [0.29, 0.717) is 17.8 Å². The second kappa shape index (κ2) is 16.7. The molecule has 3 atom stereocenters.